The quantitative estimate of drug-likeness (QED) is 0.388. The average Bonchev–Trinajstić information content (AvgIpc) is 3.36. The number of aliphatic hydroxyl groups excluding tert-OH is 1. The van der Waals surface area contributed by atoms with Crippen LogP contribution in [0.15, 0.2) is 76.9 Å². The van der Waals surface area contributed by atoms with Gasteiger partial charge in [-0.3, -0.25) is 14.5 Å². The van der Waals surface area contributed by atoms with Gasteiger partial charge >= 0.3 is 0 Å². The molecule has 2 aromatic carbocycles. The first kappa shape index (κ1) is 18.8. The van der Waals surface area contributed by atoms with Crippen molar-refractivity contribution in [1.29, 1.82) is 0 Å². The third kappa shape index (κ3) is 3.28. The summed E-state index contributed by atoms with van der Waals surface area (Å²) in [4.78, 5) is 27.1. The Morgan fingerprint density at radius 1 is 1.10 bits per heavy atom. The van der Waals surface area contributed by atoms with Gasteiger partial charge in [0, 0.05) is 16.3 Å². The van der Waals surface area contributed by atoms with Crippen molar-refractivity contribution in [1.82, 2.24) is 0 Å². The van der Waals surface area contributed by atoms with Crippen LogP contribution >= 0.6 is 11.6 Å². The predicted octanol–water partition coefficient (Wildman–Crippen LogP) is 4.57. The summed E-state index contributed by atoms with van der Waals surface area (Å²) in [6, 6.07) is 15.5. The minimum atomic E-state index is -0.919. The fourth-order valence-corrected chi connectivity index (χ4v) is 3.47. The first-order chi connectivity index (χ1) is 14.0. The number of ether oxygens (including phenoxy) is 1. The lowest BCUT2D eigenvalue weighted by Crippen LogP contribution is -2.29. The zero-order chi connectivity index (χ0) is 20.5. The highest BCUT2D eigenvalue weighted by Gasteiger charge is 2.48. The van der Waals surface area contributed by atoms with Crippen LogP contribution in [0, 0.1) is 0 Å². The molecule has 29 heavy (non-hydrogen) atoms. The van der Waals surface area contributed by atoms with Gasteiger partial charge in [-0.05, 0) is 48.5 Å². The molecule has 1 aromatic heterocycles. The van der Waals surface area contributed by atoms with Crippen molar-refractivity contribution in [2.75, 3.05) is 12.0 Å². The number of anilines is 1. The highest BCUT2D eigenvalue weighted by atomic mass is 35.5. The van der Waals surface area contributed by atoms with Gasteiger partial charge in [-0.15, -0.1) is 0 Å². The van der Waals surface area contributed by atoms with Gasteiger partial charge in [0.15, 0.2) is 0 Å². The summed E-state index contributed by atoms with van der Waals surface area (Å²) < 4.78 is 10.7. The van der Waals surface area contributed by atoms with E-state index in [1.807, 2.05) is 0 Å². The minimum Gasteiger partial charge on any atom is -0.507 e. The molecule has 3 aromatic rings. The number of hydrogen-bond acceptors (Lipinski definition) is 5. The molecule has 1 fully saturated rings. The van der Waals surface area contributed by atoms with Gasteiger partial charge in [0.2, 0.25) is 0 Å². The van der Waals surface area contributed by atoms with E-state index in [0.717, 1.165) is 0 Å². The number of carbonyl (C=O) groups excluding carboxylic acids is 2. The van der Waals surface area contributed by atoms with Crippen molar-refractivity contribution in [3.8, 4) is 5.75 Å². The fourth-order valence-electron chi connectivity index (χ4n) is 3.34. The van der Waals surface area contributed by atoms with Crippen molar-refractivity contribution in [2.45, 2.75) is 6.04 Å². The van der Waals surface area contributed by atoms with Gasteiger partial charge in [0.1, 0.15) is 23.3 Å². The molecule has 1 unspecified atom stereocenters. The van der Waals surface area contributed by atoms with Gasteiger partial charge in [-0.2, -0.15) is 0 Å². The van der Waals surface area contributed by atoms with Crippen molar-refractivity contribution in [2.24, 2.45) is 0 Å². The number of Topliss-reactive ketones (excluding diaryl/α,β-unsaturated/α-hetero) is 1. The lowest BCUT2D eigenvalue weighted by atomic mass is 9.99. The molecule has 1 amide bonds. The third-order valence-electron chi connectivity index (χ3n) is 4.71. The van der Waals surface area contributed by atoms with Crippen molar-refractivity contribution in [3.05, 3.63) is 88.8 Å². The largest absolute Gasteiger partial charge is 0.507 e. The number of benzene rings is 2. The number of furan rings is 1. The van der Waals surface area contributed by atoms with Crippen LogP contribution in [0.4, 0.5) is 5.69 Å². The van der Waals surface area contributed by atoms with Gasteiger partial charge in [0.25, 0.3) is 11.7 Å². The van der Waals surface area contributed by atoms with Gasteiger partial charge in [-0.1, -0.05) is 23.7 Å². The maximum atomic E-state index is 12.9. The predicted molar refractivity (Wildman–Crippen MR) is 108 cm³/mol. The molecular formula is C22H16ClNO5. The number of amides is 1. The Labute approximate surface area is 171 Å². The summed E-state index contributed by atoms with van der Waals surface area (Å²) in [5.74, 6) is -1.01. The lowest BCUT2D eigenvalue weighted by molar-refractivity contribution is -0.132. The third-order valence-corrected chi connectivity index (χ3v) is 4.96. The van der Waals surface area contributed by atoms with Gasteiger partial charge in [0.05, 0.1) is 18.9 Å². The van der Waals surface area contributed by atoms with E-state index >= 15 is 0 Å². The lowest BCUT2D eigenvalue weighted by Gasteiger charge is -2.23. The Morgan fingerprint density at radius 2 is 1.86 bits per heavy atom. The first-order valence-corrected chi connectivity index (χ1v) is 9.13. The van der Waals surface area contributed by atoms with Gasteiger partial charge < -0.3 is 14.3 Å². The Bertz CT molecular complexity index is 1100. The highest BCUT2D eigenvalue weighted by molar-refractivity contribution is 6.51. The second-order valence-corrected chi connectivity index (χ2v) is 6.83. The summed E-state index contributed by atoms with van der Waals surface area (Å²) in [6.45, 7) is 0. The topological polar surface area (TPSA) is 80.0 Å². The second-order valence-electron chi connectivity index (χ2n) is 6.39. The zero-order valence-electron chi connectivity index (χ0n) is 15.3. The Morgan fingerprint density at radius 3 is 2.52 bits per heavy atom. The molecule has 1 aliphatic heterocycles. The molecule has 1 atom stereocenters. The van der Waals surface area contributed by atoms with Crippen LogP contribution in [0.5, 0.6) is 5.75 Å². The Balaban J connectivity index is 1.91. The van der Waals surface area contributed by atoms with Crippen LogP contribution < -0.4 is 9.64 Å². The number of carbonyl (C=O) groups is 2. The van der Waals surface area contributed by atoms with Crippen LogP contribution in [-0.4, -0.2) is 23.9 Å². The van der Waals surface area contributed by atoms with E-state index in [4.69, 9.17) is 20.8 Å². The molecule has 1 aliphatic rings. The van der Waals surface area contributed by atoms with Crippen LogP contribution in [0.1, 0.15) is 17.4 Å². The van der Waals surface area contributed by atoms with Crippen LogP contribution in [0.3, 0.4) is 0 Å². The number of hydrogen-bond donors (Lipinski definition) is 1. The Hall–Kier alpha value is -3.51. The number of rotatable bonds is 4. The molecule has 0 saturated carbocycles. The molecule has 0 aliphatic carbocycles. The number of aliphatic hydroxyl groups is 1. The smallest absolute Gasteiger partial charge is 0.300 e. The normalized spacial score (nSPS) is 18.3. The van der Waals surface area contributed by atoms with E-state index in [2.05, 4.69) is 0 Å². The molecule has 6 nitrogen and oxygen atoms in total. The van der Waals surface area contributed by atoms with E-state index in [1.165, 1.54) is 18.3 Å². The summed E-state index contributed by atoms with van der Waals surface area (Å²) in [6.07, 6.45) is 1.45. The van der Waals surface area contributed by atoms with E-state index < -0.39 is 17.7 Å². The van der Waals surface area contributed by atoms with Crippen LogP contribution in [-0.2, 0) is 9.59 Å². The maximum absolute atomic E-state index is 12.9. The molecular weight excluding hydrogens is 394 g/mol. The molecule has 0 bridgehead atoms. The molecule has 0 spiro atoms. The Kier molecular flexibility index (Phi) is 4.86. The maximum Gasteiger partial charge on any atom is 0.300 e. The molecule has 7 heteroatoms. The molecule has 1 saturated heterocycles. The highest BCUT2D eigenvalue weighted by Crippen LogP contribution is 2.42. The molecule has 4 rings (SSSR count). The summed E-state index contributed by atoms with van der Waals surface area (Å²) in [5, 5.41) is 11.5. The number of ketones is 1. The molecule has 1 N–H and O–H groups in total. The van der Waals surface area contributed by atoms with Crippen LogP contribution in [0.2, 0.25) is 5.02 Å². The summed E-state index contributed by atoms with van der Waals surface area (Å²) >= 11 is 5.96. The average molecular weight is 410 g/mol. The number of halogens is 1. The van der Waals surface area contributed by atoms with Crippen molar-refractivity contribution >= 4 is 34.7 Å². The minimum absolute atomic E-state index is 0.0619. The van der Waals surface area contributed by atoms with E-state index in [9.17, 15) is 14.7 Å². The fraction of sp³-hybridized carbons (Fsp3) is 0.0909. The van der Waals surface area contributed by atoms with E-state index in [1.54, 1.807) is 60.7 Å². The standard InChI is InChI=1S/C22H16ClNO5/c1-28-16-5-2-4-13(12-16)20(25)18-19(17-6-3-11-29-17)24(22(27)21(18)26)15-9-7-14(23)8-10-15/h2-12,19,25H,1H3/b20-18-. The summed E-state index contributed by atoms with van der Waals surface area (Å²) in [5.41, 5.74) is 0.755. The number of nitrogens with zero attached hydrogens (tertiary/aromatic N) is 1. The van der Waals surface area contributed by atoms with Crippen molar-refractivity contribution in [3.63, 3.8) is 0 Å². The molecule has 0 radical (unpaired) electrons. The van der Waals surface area contributed by atoms with Gasteiger partial charge in [-0.25, -0.2) is 0 Å². The number of methoxy groups -OCH3 is 1. The first-order valence-electron chi connectivity index (χ1n) is 8.75. The zero-order valence-corrected chi connectivity index (χ0v) is 16.1. The summed E-state index contributed by atoms with van der Waals surface area (Å²) in [7, 11) is 1.50. The van der Waals surface area contributed by atoms with E-state index in [-0.39, 0.29) is 11.3 Å². The van der Waals surface area contributed by atoms with Crippen molar-refractivity contribution < 1.29 is 23.8 Å². The second kappa shape index (κ2) is 7.48. The SMILES string of the molecule is COc1cccc(/C(O)=C2/C(=O)C(=O)N(c3ccc(Cl)cc3)C2c2ccco2)c1. The molecule has 146 valence electrons. The molecule has 2 heterocycles. The monoisotopic (exact) mass is 409 g/mol. The van der Waals surface area contributed by atoms with E-state index in [0.29, 0.717) is 27.8 Å². The van der Waals surface area contributed by atoms with Crippen LogP contribution in [0.25, 0.3) is 5.76 Å².